The maximum Gasteiger partial charge on any atom is 0.182 e. The Labute approximate surface area is 94.6 Å². The predicted molar refractivity (Wildman–Crippen MR) is 62.4 cm³/mol. The van der Waals surface area contributed by atoms with Crippen LogP contribution in [-0.4, -0.2) is 31.9 Å². The molecule has 0 aliphatic carbocycles. The molecular weight excluding hydrogens is 212 g/mol. The van der Waals surface area contributed by atoms with E-state index in [0.29, 0.717) is 19.8 Å². The minimum absolute atomic E-state index is 0.620. The number of nitrogens with one attached hydrogen (secondary N) is 1. The van der Waals surface area contributed by atoms with Crippen LogP contribution in [0.4, 0.5) is 5.13 Å². The molecule has 0 aliphatic rings. The van der Waals surface area contributed by atoms with Crippen LogP contribution in [0.25, 0.3) is 0 Å². The number of hydrogen-bond donors (Lipinski definition) is 1. The topological polar surface area (TPSA) is 43.4 Å². The molecule has 4 nitrogen and oxygen atoms in total. The van der Waals surface area contributed by atoms with E-state index in [9.17, 15) is 0 Å². The third-order valence-corrected chi connectivity index (χ3v) is 2.68. The second-order valence-electron chi connectivity index (χ2n) is 3.10. The predicted octanol–water partition coefficient (Wildman–Crippen LogP) is 2.13. The number of rotatable bonds is 8. The lowest BCUT2D eigenvalue weighted by molar-refractivity contribution is 0.0628. The quantitative estimate of drug-likeness (QED) is 0.695. The van der Waals surface area contributed by atoms with E-state index in [4.69, 9.17) is 9.47 Å². The van der Waals surface area contributed by atoms with Gasteiger partial charge in [0.1, 0.15) is 0 Å². The molecule has 0 saturated carbocycles. The van der Waals surface area contributed by atoms with E-state index in [2.05, 4.69) is 17.2 Å². The van der Waals surface area contributed by atoms with Gasteiger partial charge in [0.05, 0.1) is 24.7 Å². The Balaban J connectivity index is 2.20. The molecule has 1 rings (SSSR count). The van der Waals surface area contributed by atoms with Gasteiger partial charge >= 0.3 is 0 Å². The first kappa shape index (κ1) is 12.4. The highest BCUT2D eigenvalue weighted by Gasteiger charge is 2.00. The van der Waals surface area contributed by atoms with Crippen LogP contribution in [0.2, 0.25) is 0 Å². The van der Waals surface area contributed by atoms with Crippen molar-refractivity contribution in [3.8, 4) is 0 Å². The highest BCUT2D eigenvalue weighted by atomic mass is 32.1. The minimum Gasteiger partial charge on any atom is -0.382 e. The molecule has 0 bridgehead atoms. The molecular formula is C10H18N2O2S. The highest BCUT2D eigenvalue weighted by Crippen LogP contribution is 2.18. The number of nitrogens with zero attached hydrogens (tertiary/aromatic N) is 1. The van der Waals surface area contributed by atoms with Crippen molar-refractivity contribution in [1.82, 2.24) is 4.98 Å². The second kappa shape index (κ2) is 7.62. The van der Waals surface area contributed by atoms with E-state index < -0.39 is 0 Å². The molecule has 5 heteroatoms. The van der Waals surface area contributed by atoms with E-state index in [1.807, 2.05) is 6.20 Å². The van der Waals surface area contributed by atoms with Gasteiger partial charge in [0.2, 0.25) is 0 Å². The fraction of sp³-hybridized carbons (Fsp3) is 0.700. The molecule has 0 saturated heterocycles. The zero-order valence-electron chi connectivity index (χ0n) is 9.28. The van der Waals surface area contributed by atoms with Crippen LogP contribution in [-0.2, 0) is 16.1 Å². The maximum absolute atomic E-state index is 5.40. The SMILES string of the molecule is CCCNc1ncc(COCCOC)s1. The molecule has 0 radical (unpaired) electrons. The Hall–Kier alpha value is -0.650. The zero-order valence-corrected chi connectivity index (χ0v) is 10.1. The number of ether oxygens (including phenoxy) is 2. The summed E-state index contributed by atoms with van der Waals surface area (Å²) in [7, 11) is 1.67. The molecule has 0 unspecified atom stereocenters. The van der Waals surface area contributed by atoms with E-state index in [1.54, 1.807) is 18.4 Å². The minimum atomic E-state index is 0.620. The molecule has 86 valence electrons. The standard InChI is InChI=1S/C10H18N2O2S/c1-3-4-11-10-12-7-9(15-10)8-14-6-5-13-2/h7H,3-6,8H2,1-2H3,(H,11,12). The normalized spacial score (nSPS) is 10.5. The average molecular weight is 230 g/mol. The Morgan fingerprint density at radius 2 is 2.33 bits per heavy atom. The molecule has 0 aromatic carbocycles. The Bertz CT molecular complexity index is 266. The number of anilines is 1. The van der Waals surface area contributed by atoms with Crippen LogP contribution in [0, 0.1) is 0 Å². The van der Waals surface area contributed by atoms with Gasteiger partial charge < -0.3 is 14.8 Å². The van der Waals surface area contributed by atoms with Crippen molar-refractivity contribution in [1.29, 1.82) is 0 Å². The van der Waals surface area contributed by atoms with Gasteiger partial charge in [0, 0.05) is 19.9 Å². The maximum atomic E-state index is 5.40. The van der Waals surface area contributed by atoms with Crippen LogP contribution < -0.4 is 5.32 Å². The van der Waals surface area contributed by atoms with Crippen molar-refractivity contribution in [3.05, 3.63) is 11.1 Å². The molecule has 0 atom stereocenters. The molecule has 15 heavy (non-hydrogen) atoms. The van der Waals surface area contributed by atoms with Gasteiger partial charge in [-0.3, -0.25) is 0 Å². The largest absolute Gasteiger partial charge is 0.382 e. The van der Waals surface area contributed by atoms with Gasteiger partial charge in [-0.05, 0) is 6.42 Å². The summed E-state index contributed by atoms with van der Waals surface area (Å²) in [6, 6.07) is 0. The van der Waals surface area contributed by atoms with Crippen LogP contribution in [0.3, 0.4) is 0 Å². The van der Waals surface area contributed by atoms with Crippen molar-refractivity contribution >= 4 is 16.5 Å². The monoisotopic (exact) mass is 230 g/mol. The van der Waals surface area contributed by atoms with Gasteiger partial charge in [-0.15, -0.1) is 0 Å². The summed E-state index contributed by atoms with van der Waals surface area (Å²) in [5, 5.41) is 4.22. The third kappa shape index (κ3) is 5.11. The number of thiazole rings is 1. The summed E-state index contributed by atoms with van der Waals surface area (Å²) in [6.45, 7) is 4.99. The average Bonchev–Trinajstić information content (AvgIpc) is 2.69. The van der Waals surface area contributed by atoms with Crippen LogP contribution in [0.5, 0.6) is 0 Å². The van der Waals surface area contributed by atoms with Gasteiger partial charge in [-0.2, -0.15) is 0 Å². The number of hydrogen-bond acceptors (Lipinski definition) is 5. The van der Waals surface area contributed by atoms with E-state index in [0.717, 1.165) is 23.0 Å². The van der Waals surface area contributed by atoms with Gasteiger partial charge in [0.15, 0.2) is 5.13 Å². The Morgan fingerprint density at radius 1 is 1.47 bits per heavy atom. The van der Waals surface area contributed by atoms with Gasteiger partial charge in [-0.1, -0.05) is 18.3 Å². The molecule has 1 heterocycles. The summed E-state index contributed by atoms with van der Waals surface area (Å²) in [6.07, 6.45) is 2.97. The molecule has 0 amide bonds. The number of methoxy groups -OCH3 is 1. The third-order valence-electron chi connectivity index (χ3n) is 1.76. The molecule has 0 aliphatic heterocycles. The molecule has 1 N–H and O–H groups in total. The van der Waals surface area contributed by atoms with Gasteiger partial charge in [0.25, 0.3) is 0 Å². The van der Waals surface area contributed by atoms with Crippen LogP contribution in [0.15, 0.2) is 6.20 Å². The van der Waals surface area contributed by atoms with Crippen molar-refractivity contribution in [3.63, 3.8) is 0 Å². The molecule has 0 fully saturated rings. The van der Waals surface area contributed by atoms with E-state index in [-0.39, 0.29) is 0 Å². The van der Waals surface area contributed by atoms with Crippen molar-refractivity contribution < 1.29 is 9.47 Å². The molecule has 1 aromatic heterocycles. The van der Waals surface area contributed by atoms with E-state index >= 15 is 0 Å². The zero-order chi connectivity index (χ0) is 10.9. The first-order valence-corrected chi connectivity index (χ1v) is 5.93. The fourth-order valence-corrected chi connectivity index (χ4v) is 1.78. The van der Waals surface area contributed by atoms with Crippen molar-refractivity contribution in [2.45, 2.75) is 20.0 Å². The highest BCUT2D eigenvalue weighted by molar-refractivity contribution is 7.15. The smallest absolute Gasteiger partial charge is 0.182 e. The summed E-state index contributed by atoms with van der Waals surface area (Å²) in [5.74, 6) is 0. The van der Waals surface area contributed by atoms with Crippen molar-refractivity contribution in [2.24, 2.45) is 0 Å². The summed E-state index contributed by atoms with van der Waals surface area (Å²) in [5.41, 5.74) is 0. The Kier molecular flexibility index (Phi) is 6.31. The fourth-order valence-electron chi connectivity index (χ4n) is 1.00. The first-order chi connectivity index (χ1) is 7.36. The first-order valence-electron chi connectivity index (χ1n) is 5.12. The Morgan fingerprint density at radius 3 is 3.07 bits per heavy atom. The van der Waals surface area contributed by atoms with Crippen LogP contribution in [0.1, 0.15) is 18.2 Å². The molecule has 0 spiro atoms. The molecule has 1 aromatic rings. The van der Waals surface area contributed by atoms with Gasteiger partial charge in [-0.25, -0.2) is 4.98 Å². The van der Waals surface area contributed by atoms with E-state index in [1.165, 1.54) is 0 Å². The summed E-state index contributed by atoms with van der Waals surface area (Å²) < 4.78 is 10.3. The summed E-state index contributed by atoms with van der Waals surface area (Å²) >= 11 is 1.64. The second-order valence-corrected chi connectivity index (χ2v) is 4.22. The van der Waals surface area contributed by atoms with Crippen LogP contribution >= 0.6 is 11.3 Å². The lowest BCUT2D eigenvalue weighted by atomic mass is 10.5. The lowest BCUT2D eigenvalue weighted by Gasteiger charge is -2.00. The summed E-state index contributed by atoms with van der Waals surface area (Å²) in [4.78, 5) is 5.39. The lowest BCUT2D eigenvalue weighted by Crippen LogP contribution is -2.00. The van der Waals surface area contributed by atoms with Crippen molar-refractivity contribution in [2.75, 3.05) is 32.2 Å². The number of aromatic nitrogens is 1.